The standard InChI is InChI=1S/C21H18N2O2S.C21H16N2O2S/c2*24-20(25)15-11-14-6-2-4-8-17(14)23(12-15)21-22-19-16-7-3-1-5-13(16)9-10-18(19)26-21/h1-8,15H,9-12H2,(H,24,25);1-8,11H,9-10,12H2,(H,24,25). The fourth-order valence-corrected chi connectivity index (χ4v) is 9.87. The van der Waals surface area contributed by atoms with Crippen molar-refractivity contribution in [3.8, 4) is 22.5 Å². The molecule has 4 aromatic carbocycles. The summed E-state index contributed by atoms with van der Waals surface area (Å²) in [7, 11) is 0. The number of carboxylic acids is 2. The van der Waals surface area contributed by atoms with E-state index < -0.39 is 17.9 Å². The van der Waals surface area contributed by atoms with Gasteiger partial charge in [-0.25, -0.2) is 14.8 Å². The molecule has 8 nitrogen and oxygen atoms in total. The van der Waals surface area contributed by atoms with Gasteiger partial charge in [-0.2, -0.15) is 0 Å². The van der Waals surface area contributed by atoms with Crippen LogP contribution in [0.2, 0.25) is 0 Å². The van der Waals surface area contributed by atoms with Crippen LogP contribution in [0, 0.1) is 5.92 Å². The summed E-state index contributed by atoms with van der Waals surface area (Å²) in [5, 5.41) is 20.9. The minimum Gasteiger partial charge on any atom is -0.481 e. The zero-order valence-electron chi connectivity index (χ0n) is 28.2. The van der Waals surface area contributed by atoms with Crippen LogP contribution in [-0.4, -0.2) is 45.2 Å². The highest BCUT2D eigenvalue weighted by Crippen LogP contribution is 2.45. The number of rotatable bonds is 4. The Morgan fingerprint density at radius 2 is 1.17 bits per heavy atom. The molecule has 0 radical (unpaired) electrons. The van der Waals surface area contributed by atoms with Gasteiger partial charge >= 0.3 is 11.9 Å². The smallest absolute Gasteiger partial charge is 0.333 e. The Morgan fingerprint density at radius 1 is 0.635 bits per heavy atom. The molecule has 0 bridgehead atoms. The van der Waals surface area contributed by atoms with Crippen LogP contribution in [0.4, 0.5) is 21.6 Å². The van der Waals surface area contributed by atoms with Crippen LogP contribution in [0.5, 0.6) is 0 Å². The van der Waals surface area contributed by atoms with Crippen molar-refractivity contribution in [2.45, 2.75) is 32.1 Å². The highest BCUT2D eigenvalue weighted by atomic mass is 32.1. The second-order valence-electron chi connectivity index (χ2n) is 13.4. The van der Waals surface area contributed by atoms with Gasteiger partial charge < -0.3 is 20.0 Å². The summed E-state index contributed by atoms with van der Waals surface area (Å²) in [6.07, 6.45) is 6.40. The van der Waals surface area contributed by atoms with Gasteiger partial charge in [0.15, 0.2) is 10.3 Å². The number of aryl methyl sites for hydroxylation is 4. The molecule has 0 amide bonds. The number of carboxylic acid groups (broad SMARTS) is 2. The van der Waals surface area contributed by atoms with Crippen LogP contribution in [0.15, 0.2) is 103 Å². The van der Waals surface area contributed by atoms with Gasteiger partial charge in [0.2, 0.25) is 0 Å². The molecule has 2 N–H and O–H groups in total. The molecule has 2 aliphatic heterocycles. The Kier molecular flexibility index (Phi) is 8.20. The minimum absolute atomic E-state index is 0.334. The number of thiazole rings is 2. The molecule has 0 saturated heterocycles. The lowest BCUT2D eigenvalue weighted by Crippen LogP contribution is -2.36. The zero-order chi connectivity index (χ0) is 35.3. The summed E-state index contributed by atoms with van der Waals surface area (Å²) >= 11 is 3.38. The minimum atomic E-state index is -0.879. The molecule has 4 aliphatic rings. The lowest BCUT2D eigenvalue weighted by molar-refractivity contribution is -0.141. The van der Waals surface area contributed by atoms with Gasteiger partial charge in [0, 0.05) is 33.1 Å². The molecule has 0 fully saturated rings. The highest BCUT2D eigenvalue weighted by Gasteiger charge is 2.33. The van der Waals surface area contributed by atoms with E-state index in [2.05, 4.69) is 59.5 Å². The van der Waals surface area contributed by atoms with E-state index in [1.807, 2.05) is 47.4 Å². The fourth-order valence-electron chi connectivity index (χ4n) is 7.69. The van der Waals surface area contributed by atoms with Gasteiger partial charge in [-0.05, 0) is 72.6 Å². The molecule has 4 heterocycles. The van der Waals surface area contributed by atoms with Crippen molar-refractivity contribution < 1.29 is 19.8 Å². The van der Waals surface area contributed by atoms with Gasteiger partial charge in [-0.15, -0.1) is 22.7 Å². The number of fused-ring (bicyclic) bond motifs is 8. The largest absolute Gasteiger partial charge is 0.481 e. The Hall–Kier alpha value is -5.58. The van der Waals surface area contributed by atoms with Crippen LogP contribution in [0.25, 0.3) is 28.6 Å². The van der Waals surface area contributed by atoms with E-state index in [0.29, 0.717) is 25.1 Å². The van der Waals surface area contributed by atoms with E-state index in [4.69, 9.17) is 9.97 Å². The molecule has 258 valence electrons. The van der Waals surface area contributed by atoms with Gasteiger partial charge in [-0.3, -0.25) is 4.79 Å². The van der Waals surface area contributed by atoms with Crippen molar-refractivity contribution in [2.24, 2.45) is 5.92 Å². The van der Waals surface area contributed by atoms with Crippen LogP contribution < -0.4 is 9.80 Å². The number of aliphatic carboxylic acids is 2. The van der Waals surface area contributed by atoms with Crippen LogP contribution >= 0.6 is 22.7 Å². The fraction of sp³-hybridized carbons (Fsp3) is 0.190. The number of anilines is 4. The predicted octanol–water partition coefficient (Wildman–Crippen LogP) is 8.83. The van der Waals surface area contributed by atoms with Gasteiger partial charge in [0.05, 0.1) is 35.1 Å². The van der Waals surface area contributed by atoms with Crippen molar-refractivity contribution in [1.82, 2.24) is 9.97 Å². The number of para-hydroxylation sites is 2. The molecule has 1 unspecified atom stereocenters. The zero-order valence-corrected chi connectivity index (χ0v) is 29.8. The number of carbonyl (C=O) groups is 2. The first kappa shape index (κ1) is 32.3. The third kappa shape index (κ3) is 5.78. The van der Waals surface area contributed by atoms with Gasteiger partial charge in [-0.1, -0.05) is 84.9 Å². The molecular formula is C42H34N4O4S2. The molecular weight excluding hydrogens is 689 g/mol. The topological polar surface area (TPSA) is 107 Å². The summed E-state index contributed by atoms with van der Waals surface area (Å²) in [5.74, 6) is -2.02. The summed E-state index contributed by atoms with van der Waals surface area (Å²) < 4.78 is 0. The Labute approximate surface area is 309 Å². The van der Waals surface area contributed by atoms with Crippen LogP contribution in [-0.2, 0) is 41.7 Å². The van der Waals surface area contributed by atoms with Gasteiger partial charge in [0.1, 0.15) is 0 Å². The van der Waals surface area contributed by atoms with Crippen molar-refractivity contribution in [2.75, 3.05) is 22.9 Å². The molecule has 6 aromatic rings. The van der Waals surface area contributed by atoms with Crippen molar-refractivity contribution in [1.29, 1.82) is 0 Å². The quantitative estimate of drug-likeness (QED) is 0.186. The normalized spacial score (nSPS) is 16.5. The average Bonchev–Trinajstić information content (AvgIpc) is 3.83. The molecule has 10 rings (SSSR count). The average molecular weight is 723 g/mol. The summed E-state index contributed by atoms with van der Waals surface area (Å²) in [5.41, 5.74) is 11.7. The Morgan fingerprint density at radius 3 is 1.79 bits per heavy atom. The lowest BCUT2D eigenvalue weighted by Gasteiger charge is -2.32. The molecule has 2 aliphatic carbocycles. The summed E-state index contributed by atoms with van der Waals surface area (Å²) in [6.45, 7) is 0.806. The monoisotopic (exact) mass is 722 g/mol. The number of aromatic nitrogens is 2. The first-order valence-corrected chi connectivity index (χ1v) is 19.1. The number of hydrogen-bond donors (Lipinski definition) is 2. The number of nitrogens with zero attached hydrogens (tertiary/aromatic N) is 4. The summed E-state index contributed by atoms with van der Waals surface area (Å²) in [4.78, 5) is 39.8. The van der Waals surface area contributed by atoms with E-state index in [1.54, 1.807) is 28.7 Å². The second kappa shape index (κ2) is 13.2. The maximum atomic E-state index is 11.7. The van der Waals surface area contributed by atoms with Crippen LogP contribution in [0.3, 0.4) is 0 Å². The van der Waals surface area contributed by atoms with E-state index >= 15 is 0 Å². The van der Waals surface area contributed by atoms with Crippen molar-refractivity contribution in [3.05, 3.63) is 135 Å². The van der Waals surface area contributed by atoms with Crippen LogP contribution in [0.1, 0.15) is 32.0 Å². The van der Waals surface area contributed by atoms with E-state index in [-0.39, 0.29) is 0 Å². The van der Waals surface area contributed by atoms with Gasteiger partial charge in [0.25, 0.3) is 0 Å². The molecule has 0 saturated carbocycles. The van der Waals surface area contributed by atoms with E-state index in [1.165, 1.54) is 32.0 Å². The SMILES string of the molecule is O=C(O)C1=Cc2ccccc2N(c2nc3c(s2)CCc2ccccc2-3)C1.O=C(O)C1Cc2ccccc2N(c2nc3c(s2)CCc2ccccc2-3)C1. The lowest BCUT2D eigenvalue weighted by atomic mass is 9.93. The molecule has 2 aromatic heterocycles. The van der Waals surface area contributed by atoms with E-state index in [9.17, 15) is 19.8 Å². The first-order chi connectivity index (χ1) is 25.4. The third-order valence-electron chi connectivity index (χ3n) is 10.3. The maximum Gasteiger partial charge on any atom is 0.333 e. The predicted molar refractivity (Wildman–Crippen MR) is 207 cm³/mol. The number of benzene rings is 4. The second-order valence-corrected chi connectivity index (χ2v) is 15.6. The molecule has 0 spiro atoms. The molecule has 10 heteroatoms. The third-order valence-corrected chi connectivity index (χ3v) is 12.6. The van der Waals surface area contributed by atoms with Crippen molar-refractivity contribution in [3.63, 3.8) is 0 Å². The Bertz CT molecular complexity index is 2410. The first-order valence-electron chi connectivity index (χ1n) is 17.5. The Balaban J connectivity index is 0.000000138. The highest BCUT2D eigenvalue weighted by molar-refractivity contribution is 7.16. The maximum absolute atomic E-state index is 11.7. The summed E-state index contributed by atoms with van der Waals surface area (Å²) in [6, 6.07) is 32.8. The molecule has 1 atom stereocenters. The van der Waals surface area contributed by atoms with Crippen molar-refractivity contribution >= 4 is 62.3 Å². The number of hydrogen-bond acceptors (Lipinski definition) is 8. The molecule has 52 heavy (non-hydrogen) atoms. The van der Waals surface area contributed by atoms with E-state index in [0.717, 1.165) is 69.8 Å².